The van der Waals surface area contributed by atoms with E-state index in [-0.39, 0.29) is 11.9 Å². The lowest BCUT2D eigenvalue weighted by atomic mass is 10.1. The summed E-state index contributed by atoms with van der Waals surface area (Å²) in [6.45, 7) is 6.25. The van der Waals surface area contributed by atoms with Crippen LogP contribution in [0.4, 0.5) is 21.3 Å². The van der Waals surface area contributed by atoms with Crippen LogP contribution in [0.15, 0.2) is 48.8 Å². The Morgan fingerprint density at radius 3 is 2.46 bits per heavy atom. The molecule has 12 heteroatoms. The smallest absolute Gasteiger partial charge is 0.225 e. The van der Waals surface area contributed by atoms with Gasteiger partial charge >= 0.3 is 0 Å². The van der Waals surface area contributed by atoms with Crippen LogP contribution >= 0.6 is 11.3 Å². The Bertz CT molecular complexity index is 1690. The molecule has 1 aliphatic heterocycles. The van der Waals surface area contributed by atoms with E-state index in [1.54, 1.807) is 24.5 Å². The van der Waals surface area contributed by atoms with E-state index in [4.69, 9.17) is 15.1 Å². The molecular weight excluding hydrogens is 517 g/mol. The predicted molar refractivity (Wildman–Crippen MR) is 147 cm³/mol. The van der Waals surface area contributed by atoms with Gasteiger partial charge in [-0.25, -0.2) is 29.0 Å². The van der Waals surface area contributed by atoms with E-state index in [9.17, 15) is 14.8 Å². The monoisotopic (exact) mass is 541 g/mol. The molecular formula is C27H24FN9OS. The minimum Gasteiger partial charge on any atom is -0.389 e. The van der Waals surface area contributed by atoms with Crippen LogP contribution in [0.5, 0.6) is 0 Å². The molecule has 4 aromatic heterocycles. The van der Waals surface area contributed by atoms with Gasteiger partial charge in [0.1, 0.15) is 33.5 Å². The van der Waals surface area contributed by atoms with Crippen LogP contribution < -0.4 is 9.80 Å². The second-order valence-electron chi connectivity index (χ2n) is 9.07. The zero-order valence-corrected chi connectivity index (χ0v) is 22.1. The Kier molecular flexibility index (Phi) is 6.38. The van der Waals surface area contributed by atoms with E-state index in [1.807, 2.05) is 40.5 Å². The van der Waals surface area contributed by atoms with Gasteiger partial charge in [-0.1, -0.05) is 11.3 Å². The molecule has 1 aliphatic rings. The summed E-state index contributed by atoms with van der Waals surface area (Å²) in [7, 11) is 0. The Balaban J connectivity index is 1.41. The number of anilines is 3. The summed E-state index contributed by atoms with van der Waals surface area (Å²) >= 11 is 1.28. The summed E-state index contributed by atoms with van der Waals surface area (Å²) in [5.41, 5.74) is 4.09. The molecule has 0 bridgehead atoms. The molecule has 5 aromatic rings. The molecule has 0 radical (unpaired) electrons. The van der Waals surface area contributed by atoms with Gasteiger partial charge in [-0.2, -0.15) is 10.4 Å². The Hall–Kier alpha value is -4.47. The van der Waals surface area contributed by atoms with Crippen LogP contribution in [0.25, 0.3) is 33.5 Å². The first-order valence-electron chi connectivity index (χ1n) is 12.6. The van der Waals surface area contributed by atoms with Crippen molar-refractivity contribution in [2.24, 2.45) is 0 Å². The lowest BCUT2D eigenvalue weighted by Crippen LogP contribution is -2.51. The van der Waals surface area contributed by atoms with Crippen molar-refractivity contribution >= 4 is 39.3 Å². The van der Waals surface area contributed by atoms with E-state index in [0.29, 0.717) is 64.6 Å². The van der Waals surface area contributed by atoms with Crippen molar-refractivity contribution in [2.75, 3.05) is 29.4 Å². The maximum atomic E-state index is 13.5. The van der Waals surface area contributed by atoms with Crippen LogP contribution in [-0.2, 0) is 6.54 Å². The van der Waals surface area contributed by atoms with Crippen LogP contribution in [0.3, 0.4) is 0 Å². The number of aliphatic hydroxyl groups is 1. The minimum atomic E-state index is -0.345. The van der Waals surface area contributed by atoms with Crippen molar-refractivity contribution in [3.63, 3.8) is 0 Å². The number of aromatic nitrogens is 6. The molecule has 0 amide bonds. The number of pyridine rings is 1. The lowest BCUT2D eigenvalue weighted by Gasteiger charge is -2.35. The average Bonchev–Trinajstić information content (AvgIpc) is 3.54. The number of β-amino-alcohol motifs (C(OH)–C–C–N with tert-alkyl or cyclic N) is 1. The minimum absolute atomic E-state index is 0.332. The van der Waals surface area contributed by atoms with Gasteiger partial charge in [0.2, 0.25) is 5.95 Å². The molecule has 0 saturated carbocycles. The van der Waals surface area contributed by atoms with E-state index in [1.165, 1.54) is 23.5 Å². The van der Waals surface area contributed by atoms with Gasteiger partial charge in [-0.15, -0.1) is 0 Å². The Morgan fingerprint density at radius 1 is 1.08 bits per heavy atom. The molecule has 1 N–H and O–H groups in total. The first-order chi connectivity index (χ1) is 19.0. The second kappa shape index (κ2) is 10.0. The molecule has 10 nitrogen and oxygen atoms in total. The molecule has 0 spiro atoms. The Labute approximate surface area is 227 Å². The van der Waals surface area contributed by atoms with Crippen molar-refractivity contribution < 1.29 is 9.50 Å². The third-order valence-electron chi connectivity index (χ3n) is 6.58. The summed E-state index contributed by atoms with van der Waals surface area (Å²) in [6, 6.07) is 12.0. The highest BCUT2D eigenvalue weighted by molar-refractivity contribution is 7.16. The van der Waals surface area contributed by atoms with Gasteiger partial charge in [-0.05, 0) is 50.2 Å². The number of rotatable bonds is 7. The average molecular weight is 542 g/mol. The third-order valence-corrected chi connectivity index (χ3v) is 7.56. The molecule has 0 atom stereocenters. The van der Waals surface area contributed by atoms with E-state index >= 15 is 0 Å². The number of thiazole rings is 1. The summed E-state index contributed by atoms with van der Waals surface area (Å²) in [5.74, 6) is 1.01. The molecule has 1 aromatic carbocycles. The van der Waals surface area contributed by atoms with Gasteiger partial charge in [0.05, 0.1) is 11.8 Å². The summed E-state index contributed by atoms with van der Waals surface area (Å²) < 4.78 is 15.4. The van der Waals surface area contributed by atoms with Gasteiger partial charge in [-0.3, -0.25) is 0 Å². The fraction of sp³-hybridized carbons (Fsp3) is 0.259. The number of benzene rings is 1. The fourth-order valence-corrected chi connectivity index (χ4v) is 5.51. The molecule has 1 saturated heterocycles. The second-order valence-corrected chi connectivity index (χ2v) is 10.0. The zero-order valence-electron chi connectivity index (χ0n) is 21.3. The molecule has 5 heterocycles. The van der Waals surface area contributed by atoms with E-state index < -0.39 is 0 Å². The molecule has 39 heavy (non-hydrogen) atoms. The summed E-state index contributed by atoms with van der Waals surface area (Å²) in [6.07, 6.45) is 3.14. The number of hydrogen-bond donors (Lipinski definition) is 1. The predicted octanol–water partition coefficient (Wildman–Crippen LogP) is 4.38. The SMILES string of the molecule is CCN(c1nc(-c2ccc(F)cc2)c(C#N)s1)c1c2nc(-c3cnc(N4CC(O)C4)nc3)ccc2nn1CC. The molecule has 0 unspecified atom stereocenters. The molecule has 0 aliphatic carbocycles. The van der Waals surface area contributed by atoms with Crippen LogP contribution in [0.1, 0.15) is 18.7 Å². The van der Waals surface area contributed by atoms with Gasteiger partial charge in [0, 0.05) is 49.7 Å². The summed E-state index contributed by atoms with van der Waals surface area (Å²) in [4.78, 5) is 23.0. The standard InChI is InChI=1S/C27H24FN9OS/c1-3-36(27-33-23(22(11-29)39-27)16-5-7-18(28)8-6-16)25-24-21(34-37(25)4-2)10-9-20(32-24)17-12-30-26(31-13-17)35-14-19(38)15-35/h5-10,12-13,19,38H,3-4,14-15H2,1-2H3. The Morgan fingerprint density at radius 2 is 1.82 bits per heavy atom. The maximum Gasteiger partial charge on any atom is 0.225 e. The van der Waals surface area contributed by atoms with Crippen molar-refractivity contribution in [1.82, 2.24) is 29.7 Å². The van der Waals surface area contributed by atoms with Crippen LogP contribution in [0.2, 0.25) is 0 Å². The quantitative estimate of drug-likeness (QED) is 0.320. The lowest BCUT2D eigenvalue weighted by molar-refractivity contribution is 0.140. The highest BCUT2D eigenvalue weighted by Crippen LogP contribution is 2.38. The van der Waals surface area contributed by atoms with Crippen molar-refractivity contribution in [2.45, 2.75) is 26.5 Å². The number of nitrogens with zero attached hydrogens (tertiary/aromatic N) is 9. The molecule has 1 fully saturated rings. The van der Waals surface area contributed by atoms with Crippen molar-refractivity contribution in [1.29, 1.82) is 5.26 Å². The normalized spacial score (nSPS) is 13.5. The molecule has 6 rings (SSSR count). The highest BCUT2D eigenvalue weighted by Gasteiger charge is 2.27. The fourth-order valence-electron chi connectivity index (χ4n) is 4.56. The van der Waals surface area contributed by atoms with Crippen molar-refractivity contribution in [3.8, 4) is 28.6 Å². The summed E-state index contributed by atoms with van der Waals surface area (Å²) in [5, 5.41) is 24.8. The van der Waals surface area contributed by atoms with Crippen molar-refractivity contribution in [3.05, 3.63) is 59.5 Å². The van der Waals surface area contributed by atoms with Crippen LogP contribution in [-0.4, -0.2) is 60.6 Å². The third kappa shape index (κ3) is 4.45. The number of hydrogen-bond acceptors (Lipinski definition) is 10. The number of aliphatic hydroxyl groups excluding tert-OH is 1. The number of fused-ring (bicyclic) bond motifs is 1. The maximum absolute atomic E-state index is 13.5. The van der Waals surface area contributed by atoms with E-state index in [0.717, 1.165) is 16.9 Å². The zero-order chi connectivity index (χ0) is 27.1. The van der Waals surface area contributed by atoms with Crippen LogP contribution in [0, 0.1) is 17.1 Å². The van der Waals surface area contributed by atoms with Gasteiger partial charge in [0.15, 0.2) is 10.9 Å². The number of aryl methyl sites for hydroxylation is 1. The topological polar surface area (TPSA) is 120 Å². The van der Waals surface area contributed by atoms with Gasteiger partial charge < -0.3 is 14.9 Å². The largest absolute Gasteiger partial charge is 0.389 e. The first kappa shape index (κ1) is 24.8. The number of halogens is 1. The van der Waals surface area contributed by atoms with E-state index in [2.05, 4.69) is 16.0 Å². The number of nitriles is 1. The molecule has 196 valence electrons. The highest BCUT2D eigenvalue weighted by atomic mass is 32.1. The van der Waals surface area contributed by atoms with Gasteiger partial charge in [0.25, 0.3) is 0 Å². The first-order valence-corrected chi connectivity index (χ1v) is 13.4.